The molecule has 20 heavy (non-hydrogen) atoms. The Labute approximate surface area is 123 Å². The van der Waals surface area contributed by atoms with Gasteiger partial charge in [-0.1, -0.05) is 13.8 Å². The minimum atomic E-state index is 0.0943. The Kier molecular flexibility index (Phi) is 8.82. The van der Waals surface area contributed by atoms with Crippen molar-refractivity contribution < 1.29 is 9.53 Å². The van der Waals surface area contributed by atoms with Crippen LogP contribution in [0.4, 0.5) is 0 Å². The molecule has 0 bridgehead atoms. The summed E-state index contributed by atoms with van der Waals surface area (Å²) in [5, 5.41) is 6.28. The van der Waals surface area contributed by atoms with Crippen molar-refractivity contribution in [1.82, 2.24) is 15.5 Å². The molecule has 5 heteroatoms. The van der Waals surface area contributed by atoms with Crippen molar-refractivity contribution in [3.8, 4) is 0 Å². The third-order valence-corrected chi connectivity index (χ3v) is 3.49. The van der Waals surface area contributed by atoms with Gasteiger partial charge in [-0.2, -0.15) is 0 Å². The number of carbonyl (C=O) groups excluding carboxylic acids is 1. The molecular weight excluding hydrogens is 254 g/mol. The maximum absolute atomic E-state index is 11.7. The molecule has 1 unspecified atom stereocenters. The van der Waals surface area contributed by atoms with E-state index in [0.717, 1.165) is 45.7 Å². The van der Waals surface area contributed by atoms with Crippen LogP contribution in [0.5, 0.6) is 0 Å². The lowest BCUT2D eigenvalue weighted by Crippen LogP contribution is -2.46. The Morgan fingerprint density at radius 1 is 1.30 bits per heavy atom. The minimum absolute atomic E-state index is 0.0943. The maximum Gasteiger partial charge on any atom is 0.222 e. The van der Waals surface area contributed by atoms with E-state index in [-0.39, 0.29) is 12.0 Å². The van der Waals surface area contributed by atoms with Crippen LogP contribution >= 0.6 is 0 Å². The van der Waals surface area contributed by atoms with E-state index in [9.17, 15) is 4.79 Å². The van der Waals surface area contributed by atoms with Gasteiger partial charge in [0.05, 0.1) is 12.7 Å². The highest BCUT2D eigenvalue weighted by atomic mass is 16.5. The number of nitrogens with zero attached hydrogens (tertiary/aromatic N) is 1. The van der Waals surface area contributed by atoms with Gasteiger partial charge in [0.15, 0.2) is 0 Å². The zero-order chi connectivity index (χ0) is 14.8. The summed E-state index contributed by atoms with van der Waals surface area (Å²) in [6.45, 7) is 12.9. The Balaban J connectivity index is 1.97. The highest BCUT2D eigenvalue weighted by molar-refractivity contribution is 5.75. The second-order valence-corrected chi connectivity index (χ2v) is 6.00. The Morgan fingerprint density at radius 3 is 2.65 bits per heavy atom. The summed E-state index contributed by atoms with van der Waals surface area (Å²) in [5.74, 6) is 0.731. The Morgan fingerprint density at radius 2 is 2.00 bits per heavy atom. The van der Waals surface area contributed by atoms with Crippen molar-refractivity contribution in [2.45, 2.75) is 39.7 Å². The van der Waals surface area contributed by atoms with Crippen LogP contribution in [0.2, 0.25) is 0 Å². The molecular formula is C15H31N3O2. The second kappa shape index (κ2) is 10.1. The zero-order valence-electron chi connectivity index (χ0n) is 13.3. The number of carbonyl (C=O) groups is 1. The van der Waals surface area contributed by atoms with Gasteiger partial charge in [-0.15, -0.1) is 0 Å². The second-order valence-electron chi connectivity index (χ2n) is 6.00. The molecule has 1 fully saturated rings. The van der Waals surface area contributed by atoms with Crippen molar-refractivity contribution in [1.29, 1.82) is 0 Å². The molecule has 0 saturated carbocycles. The van der Waals surface area contributed by atoms with Crippen LogP contribution in [0.15, 0.2) is 0 Å². The summed E-state index contributed by atoms with van der Waals surface area (Å²) >= 11 is 0. The quantitative estimate of drug-likeness (QED) is 0.659. The minimum Gasteiger partial charge on any atom is -0.378 e. The molecule has 0 aromatic carbocycles. The first-order chi connectivity index (χ1) is 9.58. The van der Waals surface area contributed by atoms with Gasteiger partial charge in [-0.05, 0) is 19.3 Å². The van der Waals surface area contributed by atoms with Gasteiger partial charge >= 0.3 is 0 Å². The first kappa shape index (κ1) is 17.4. The van der Waals surface area contributed by atoms with Gasteiger partial charge in [-0.25, -0.2) is 0 Å². The van der Waals surface area contributed by atoms with Crippen molar-refractivity contribution in [2.75, 3.05) is 45.9 Å². The van der Waals surface area contributed by atoms with Crippen molar-refractivity contribution in [3.63, 3.8) is 0 Å². The largest absolute Gasteiger partial charge is 0.378 e. The van der Waals surface area contributed by atoms with E-state index in [1.807, 2.05) is 0 Å². The van der Waals surface area contributed by atoms with Crippen LogP contribution in [0, 0.1) is 5.92 Å². The fourth-order valence-corrected chi connectivity index (χ4v) is 2.46. The van der Waals surface area contributed by atoms with Crippen molar-refractivity contribution in [3.05, 3.63) is 0 Å². The third-order valence-electron chi connectivity index (χ3n) is 3.49. The van der Waals surface area contributed by atoms with Gasteiger partial charge in [0, 0.05) is 45.7 Å². The smallest absolute Gasteiger partial charge is 0.222 e. The van der Waals surface area contributed by atoms with Crippen LogP contribution in [-0.4, -0.2) is 62.8 Å². The average Bonchev–Trinajstić information content (AvgIpc) is 2.39. The molecule has 0 aromatic rings. The summed E-state index contributed by atoms with van der Waals surface area (Å²) in [6, 6.07) is 0. The number of nitrogens with one attached hydrogen (secondary N) is 2. The number of ether oxygens (including phenoxy) is 1. The molecule has 0 aromatic heterocycles. The lowest BCUT2D eigenvalue weighted by molar-refractivity contribution is -0.122. The topological polar surface area (TPSA) is 53.6 Å². The van der Waals surface area contributed by atoms with Crippen LogP contribution in [-0.2, 0) is 9.53 Å². The van der Waals surface area contributed by atoms with Crippen LogP contribution < -0.4 is 10.6 Å². The van der Waals surface area contributed by atoms with E-state index in [4.69, 9.17) is 4.74 Å². The predicted octanol–water partition coefficient (Wildman–Crippen LogP) is 0.849. The Bertz CT molecular complexity index is 266. The standard InChI is InChI=1S/C15H31N3O2/c1-13(2)12-14(3)20-11-4-15(19)17-7-10-18-8-5-16-6-9-18/h13-14,16H,4-12H2,1-3H3,(H,17,19). The molecule has 1 amide bonds. The van der Waals surface area contributed by atoms with Gasteiger partial charge in [0.2, 0.25) is 5.91 Å². The van der Waals surface area contributed by atoms with E-state index in [2.05, 4.69) is 36.3 Å². The summed E-state index contributed by atoms with van der Waals surface area (Å²) in [5.41, 5.74) is 0. The van der Waals surface area contributed by atoms with E-state index in [0.29, 0.717) is 18.9 Å². The molecule has 5 nitrogen and oxygen atoms in total. The molecule has 0 spiro atoms. The van der Waals surface area contributed by atoms with E-state index >= 15 is 0 Å². The average molecular weight is 285 g/mol. The highest BCUT2D eigenvalue weighted by Gasteiger charge is 2.10. The molecule has 0 aliphatic carbocycles. The lowest BCUT2D eigenvalue weighted by Gasteiger charge is -2.27. The van der Waals surface area contributed by atoms with Gasteiger partial charge < -0.3 is 15.4 Å². The van der Waals surface area contributed by atoms with Crippen LogP contribution in [0.1, 0.15) is 33.6 Å². The van der Waals surface area contributed by atoms with Crippen LogP contribution in [0.25, 0.3) is 0 Å². The maximum atomic E-state index is 11.7. The fraction of sp³-hybridized carbons (Fsp3) is 0.933. The summed E-state index contributed by atoms with van der Waals surface area (Å²) < 4.78 is 5.64. The first-order valence-electron chi connectivity index (χ1n) is 7.89. The van der Waals surface area contributed by atoms with Crippen LogP contribution in [0.3, 0.4) is 0 Å². The zero-order valence-corrected chi connectivity index (χ0v) is 13.3. The van der Waals surface area contributed by atoms with Crippen molar-refractivity contribution in [2.24, 2.45) is 5.92 Å². The molecule has 0 radical (unpaired) electrons. The Hall–Kier alpha value is -0.650. The predicted molar refractivity (Wildman–Crippen MR) is 81.8 cm³/mol. The summed E-state index contributed by atoms with van der Waals surface area (Å²) in [7, 11) is 0. The first-order valence-corrected chi connectivity index (χ1v) is 7.89. The van der Waals surface area contributed by atoms with E-state index < -0.39 is 0 Å². The molecule has 1 aliphatic heterocycles. The molecule has 2 N–H and O–H groups in total. The summed E-state index contributed by atoms with van der Waals surface area (Å²) in [4.78, 5) is 14.0. The highest BCUT2D eigenvalue weighted by Crippen LogP contribution is 2.07. The normalized spacial score (nSPS) is 18.2. The third kappa shape index (κ3) is 8.51. The monoisotopic (exact) mass is 285 g/mol. The number of piperazine rings is 1. The van der Waals surface area contributed by atoms with Gasteiger partial charge in [0.1, 0.15) is 0 Å². The molecule has 1 saturated heterocycles. The fourth-order valence-electron chi connectivity index (χ4n) is 2.46. The van der Waals surface area contributed by atoms with Crippen molar-refractivity contribution >= 4 is 5.91 Å². The summed E-state index contributed by atoms with van der Waals surface area (Å²) in [6.07, 6.45) is 1.75. The van der Waals surface area contributed by atoms with E-state index in [1.165, 1.54) is 0 Å². The number of rotatable bonds is 9. The van der Waals surface area contributed by atoms with Gasteiger partial charge in [0.25, 0.3) is 0 Å². The molecule has 1 atom stereocenters. The number of amides is 1. The lowest BCUT2D eigenvalue weighted by atomic mass is 10.1. The number of hydrogen-bond acceptors (Lipinski definition) is 4. The molecule has 1 aliphatic rings. The van der Waals surface area contributed by atoms with E-state index in [1.54, 1.807) is 0 Å². The molecule has 1 heterocycles. The molecule has 1 rings (SSSR count). The van der Waals surface area contributed by atoms with Gasteiger partial charge in [-0.3, -0.25) is 9.69 Å². The molecule has 118 valence electrons. The SMILES string of the molecule is CC(C)CC(C)OCCC(=O)NCCN1CCNCC1. The number of hydrogen-bond donors (Lipinski definition) is 2.